The highest BCUT2D eigenvalue weighted by Crippen LogP contribution is 2.18. The summed E-state index contributed by atoms with van der Waals surface area (Å²) in [7, 11) is 0. The first-order valence-corrected chi connectivity index (χ1v) is 5.25. The molecule has 1 heterocycles. The number of hydrogen-bond acceptors (Lipinski definition) is 4. The van der Waals surface area contributed by atoms with Crippen molar-refractivity contribution in [1.82, 2.24) is 10.2 Å². The lowest BCUT2D eigenvalue weighted by Gasteiger charge is -2.43. The highest BCUT2D eigenvalue weighted by atomic mass is 16.3. The predicted octanol–water partition coefficient (Wildman–Crippen LogP) is -1.54. The van der Waals surface area contributed by atoms with Gasteiger partial charge in [0.25, 0.3) is 0 Å². The Hall–Kier alpha value is -1.14. The minimum atomic E-state index is -1.05. The smallest absolute Gasteiger partial charge is 0.219 e. The lowest BCUT2D eigenvalue weighted by Crippen LogP contribution is -2.65. The van der Waals surface area contributed by atoms with E-state index in [1.165, 1.54) is 18.7 Å². The van der Waals surface area contributed by atoms with Gasteiger partial charge in [-0.1, -0.05) is 0 Å². The molecule has 1 aliphatic rings. The van der Waals surface area contributed by atoms with Crippen LogP contribution in [0.2, 0.25) is 0 Å². The molecule has 0 unspecified atom stereocenters. The quantitative estimate of drug-likeness (QED) is 0.509. The molecule has 1 saturated heterocycles. The van der Waals surface area contributed by atoms with E-state index in [-0.39, 0.29) is 18.4 Å². The zero-order valence-electron chi connectivity index (χ0n) is 9.67. The summed E-state index contributed by atoms with van der Waals surface area (Å²) in [4.78, 5) is 23.7. The summed E-state index contributed by atoms with van der Waals surface area (Å²) in [6.45, 7) is 4.61. The van der Waals surface area contributed by atoms with E-state index in [1.54, 1.807) is 6.92 Å². The molecule has 0 aromatic rings. The van der Waals surface area contributed by atoms with Gasteiger partial charge in [-0.25, -0.2) is 0 Å². The van der Waals surface area contributed by atoms with E-state index in [0.717, 1.165) is 0 Å². The fourth-order valence-electron chi connectivity index (χ4n) is 2.00. The number of carbonyl (C=O) groups excluding carboxylic acids is 2. The Balaban J connectivity index is 2.80. The molecular formula is C10H18N2O4. The molecule has 0 bridgehead atoms. The van der Waals surface area contributed by atoms with Gasteiger partial charge < -0.3 is 20.4 Å². The van der Waals surface area contributed by atoms with Crippen molar-refractivity contribution in [2.24, 2.45) is 0 Å². The van der Waals surface area contributed by atoms with Crippen LogP contribution in [-0.4, -0.2) is 57.8 Å². The Morgan fingerprint density at radius 2 is 1.81 bits per heavy atom. The first-order chi connectivity index (χ1) is 7.34. The molecule has 92 valence electrons. The number of nitrogens with zero attached hydrogens (tertiary/aromatic N) is 1. The molecule has 1 aliphatic heterocycles. The Kier molecular flexibility index (Phi) is 3.88. The van der Waals surface area contributed by atoms with E-state index in [4.69, 9.17) is 0 Å². The van der Waals surface area contributed by atoms with Crippen molar-refractivity contribution in [1.29, 1.82) is 0 Å². The van der Waals surface area contributed by atoms with Crippen LogP contribution in [0, 0.1) is 0 Å². The van der Waals surface area contributed by atoms with Crippen LogP contribution in [0.1, 0.15) is 20.8 Å². The molecule has 3 N–H and O–H groups in total. The second-order valence-corrected chi connectivity index (χ2v) is 4.20. The topological polar surface area (TPSA) is 89.9 Å². The van der Waals surface area contributed by atoms with Crippen molar-refractivity contribution in [2.45, 2.75) is 45.1 Å². The summed E-state index contributed by atoms with van der Waals surface area (Å²) in [5, 5.41) is 22.0. The monoisotopic (exact) mass is 230 g/mol. The van der Waals surface area contributed by atoms with Crippen molar-refractivity contribution in [2.75, 3.05) is 6.54 Å². The number of aliphatic hydroxyl groups excluding tert-OH is 2. The average molecular weight is 230 g/mol. The van der Waals surface area contributed by atoms with E-state index in [2.05, 4.69) is 5.32 Å². The molecule has 1 fully saturated rings. The van der Waals surface area contributed by atoms with Gasteiger partial charge in [-0.15, -0.1) is 0 Å². The number of carbonyl (C=O) groups is 2. The van der Waals surface area contributed by atoms with Gasteiger partial charge in [0.05, 0.1) is 12.1 Å². The van der Waals surface area contributed by atoms with E-state index in [1.807, 2.05) is 0 Å². The molecule has 0 spiro atoms. The van der Waals surface area contributed by atoms with E-state index < -0.39 is 24.3 Å². The number of likely N-dealkylation sites (tertiary alicyclic amines) is 1. The molecule has 0 radical (unpaired) electrons. The highest BCUT2D eigenvalue weighted by Gasteiger charge is 2.41. The number of hydrogen-bond donors (Lipinski definition) is 3. The summed E-state index contributed by atoms with van der Waals surface area (Å²) in [5.74, 6) is -0.483. The van der Waals surface area contributed by atoms with Crippen molar-refractivity contribution in [3.05, 3.63) is 0 Å². The third-order valence-electron chi connectivity index (χ3n) is 2.93. The van der Waals surface area contributed by atoms with Crippen LogP contribution in [0.15, 0.2) is 0 Å². The zero-order valence-corrected chi connectivity index (χ0v) is 9.67. The second-order valence-electron chi connectivity index (χ2n) is 4.20. The standard InChI is InChI=1S/C10H18N2O4/c1-5-9(15)10(16)8(11-6(2)13)4-12(5)7(3)14/h5,8-10,15-16H,4H2,1-3H3,(H,11,13)/t5-,8+,9-,10-/m1/s1. The average Bonchev–Trinajstić information content (AvgIpc) is 2.18. The third kappa shape index (κ3) is 2.51. The lowest BCUT2D eigenvalue weighted by molar-refractivity contribution is -0.146. The van der Waals surface area contributed by atoms with Crippen LogP contribution in [0.5, 0.6) is 0 Å². The van der Waals surface area contributed by atoms with E-state index in [0.29, 0.717) is 0 Å². The Bertz CT molecular complexity index is 293. The molecule has 6 heteroatoms. The second kappa shape index (κ2) is 4.80. The van der Waals surface area contributed by atoms with Crippen LogP contribution in [0.25, 0.3) is 0 Å². The van der Waals surface area contributed by atoms with Crippen LogP contribution >= 0.6 is 0 Å². The first kappa shape index (κ1) is 12.9. The molecule has 1 rings (SSSR count). The van der Waals surface area contributed by atoms with Gasteiger partial charge >= 0.3 is 0 Å². The van der Waals surface area contributed by atoms with Crippen LogP contribution in [0.4, 0.5) is 0 Å². The molecule has 2 amide bonds. The summed E-state index contributed by atoms with van der Waals surface area (Å²) < 4.78 is 0. The Morgan fingerprint density at radius 3 is 2.25 bits per heavy atom. The maximum Gasteiger partial charge on any atom is 0.219 e. The Labute approximate surface area is 94.2 Å². The number of rotatable bonds is 1. The largest absolute Gasteiger partial charge is 0.388 e. The van der Waals surface area contributed by atoms with Gasteiger partial charge in [0, 0.05) is 20.4 Å². The van der Waals surface area contributed by atoms with E-state index >= 15 is 0 Å². The fraction of sp³-hybridized carbons (Fsp3) is 0.800. The SMILES string of the molecule is CC(=O)N[C@H]1CN(C(C)=O)[C@H](C)[C@@H](O)[C@@H]1O. The highest BCUT2D eigenvalue weighted by molar-refractivity contribution is 5.75. The maximum atomic E-state index is 11.3. The normalized spacial score (nSPS) is 34.7. The van der Waals surface area contributed by atoms with Crippen LogP contribution < -0.4 is 5.32 Å². The number of aliphatic hydroxyl groups is 2. The summed E-state index contributed by atoms with van der Waals surface area (Å²) >= 11 is 0. The molecule has 0 aromatic heterocycles. The van der Waals surface area contributed by atoms with Crippen LogP contribution in [-0.2, 0) is 9.59 Å². The minimum Gasteiger partial charge on any atom is -0.388 e. The molecule has 0 saturated carbocycles. The summed E-state index contributed by atoms with van der Waals surface area (Å²) in [5.41, 5.74) is 0. The number of nitrogens with one attached hydrogen (secondary N) is 1. The van der Waals surface area contributed by atoms with Gasteiger partial charge in [0.15, 0.2) is 0 Å². The molecule has 16 heavy (non-hydrogen) atoms. The van der Waals surface area contributed by atoms with Crippen molar-refractivity contribution >= 4 is 11.8 Å². The maximum absolute atomic E-state index is 11.3. The number of piperidine rings is 1. The van der Waals surface area contributed by atoms with Crippen LogP contribution in [0.3, 0.4) is 0 Å². The Morgan fingerprint density at radius 1 is 1.25 bits per heavy atom. The molecule has 0 aromatic carbocycles. The molecular weight excluding hydrogens is 212 g/mol. The zero-order chi connectivity index (χ0) is 12.5. The molecule has 4 atom stereocenters. The lowest BCUT2D eigenvalue weighted by atomic mass is 9.93. The number of amides is 2. The summed E-state index contributed by atoms with van der Waals surface area (Å²) in [6.07, 6.45) is -2.09. The first-order valence-electron chi connectivity index (χ1n) is 5.25. The fourth-order valence-corrected chi connectivity index (χ4v) is 2.00. The van der Waals surface area contributed by atoms with Crippen molar-refractivity contribution in [3.63, 3.8) is 0 Å². The van der Waals surface area contributed by atoms with Gasteiger partial charge in [-0.2, -0.15) is 0 Å². The minimum absolute atomic E-state index is 0.186. The van der Waals surface area contributed by atoms with Gasteiger partial charge in [0.2, 0.25) is 11.8 Å². The van der Waals surface area contributed by atoms with Gasteiger partial charge in [0.1, 0.15) is 12.2 Å². The van der Waals surface area contributed by atoms with Gasteiger partial charge in [-0.05, 0) is 6.92 Å². The van der Waals surface area contributed by atoms with E-state index in [9.17, 15) is 19.8 Å². The summed E-state index contributed by atoms with van der Waals surface area (Å²) in [6, 6.07) is -1.06. The van der Waals surface area contributed by atoms with Gasteiger partial charge in [-0.3, -0.25) is 9.59 Å². The molecule has 0 aliphatic carbocycles. The predicted molar refractivity (Wildman–Crippen MR) is 56.5 cm³/mol. The van der Waals surface area contributed by atoms with Crippen molar-refractivity contribution < 1.29 is 19.8 Å². The van der Waals surface area contributed by atoms with Crippen molar-refractivity contribution in [3.8, 4) is 0 Å². The third-order valence-corrected chi connectivity index (χ3v) is 2.93. The molecule has 6 nitrogen and oxygen atoms in total.